The Hall–Kier alpha value is -4.27. The first-order valence-corrected chi connectivity index (χ1v) is 12.7. The van der Waals surface area contributed by atoms with E-state index in [1.165, 1.54) is 30.3 Å². The molecule has 7 nitrogen and oxygen atoms in total. The second-order valence-electron chi connectivity index (χ2n) is 8.72. The number of anilines is 1. The van der Waals surface area contributed by atoms with Gasteiger partial charge in [0.2, 0.25) is 5.56 Å². The Bertz CT molecular complexity index is 1790. The molecule has 0 atom stereocenters. The van der Waals surface area contributed by atoms with Gasteiger partial charge in [0.25, 0.3) is 10.0 Å². The Morgan fingerprint density at radius 1 is 0.850 bits per heavy atom. The molecule has 1 aliphatic rings. The van der Waals surface area contributed by atoms with Crippen LogP contribution in [0.5, 0.6) is 11.5 Å². The van der Waals surface area contributed by atoms with E-state index in [0.717, 1.165) is 30.3 Å². The van der Waals surface area contributed by atoms with E-state index in [1.807, 2.05) is 4.72 Å². The summed E-state index contributed by atoms with van der Waals surface area (Å²) in [5.74, 6) is -1.74. The van der Waals surface area contributed by atoms with Crippen LogP contribution in [0.4, 0.5) is 36.4 Å². The highest BCUT2D eigenvalue weighted by molar-refractivity contribution is 7.92. The van der Waals surface area contributed by atoms with Gasteiger partial charge >= 0.3 is 18.4 Å². The molecule has 3 aromatic carbocycles. The average molecular weight is 588 g/mol. The van der Waals surface area contributed by atoms with Gasteiger partial charge in [0.15, 0.2) is 11.5 Å². The van der Waals surface area contributed by atoms with Crippen molar-refractivity contribution in [2.24, 2.45) is 0 Å². The van der Waals surface area contributed by atoms with Gasteiger partial charge < -0.3 is 14.5 Å². The molecule has 2 N–H and O–H groups in total. The lowest BCUT2D eigenvalue weighted by Crippen LogP contribution is -2.52. The van der Waals surface area contributed by atoms with Crippen molar-refractivity contribution in [3.63, 3.8) is 0 Å². The molecule has 0 bridgehead atoms. The van der Waals surface area contributed by atoms with Crippen LogP contribution in [0.25, 0.3) is 10.9 Å². The third-order valence-corrected chi connectivity index (χ3v) is 7.27. The summed E-state index contributed by atoms with van der Waals surface area (Å²) in [6.07, 6.45) is -14.7. The molecule has 5 rings (SSSR count). The number of halogens is 7. The molecule has 15 heteroatoms. The molecule has 210 valence electrons. The first kappa shape index (κ1) is 27.3. The van der Waals surface area contributed by atoms with Gasteiger partial charge in [-0.1, -0.05) is 24.3 Å². The number of para-hydroxylation sites is 1. The van der Waals surface area contributed by atoms with Crippen LogP contribution in [0.15, 0.2) is 76.4 Å². The second-order valence-corrected chi connectivity index (χ2v) is 10.4. The van der Waals surface area contributed by atoms with Crippen LogP contribution in [0.1, 0.15) is 16.7 Å². The number of pyridine rings is 1. The van der Waals surface area contributed by atoms with Crippen LogP contribution in [0.3, 0.4) is 0 Å². The van der Waals surface area contributed by atoms with Gasteiger partial charge in [-0.3, -0.25) is 9.52 Å². The summed E-state index contributed by atoms with van der Waals surface area (Å²) < 4.78 is 130. The summed E-state index contributed by atoms with van der Waals surface area (Å²) in [6, 6.07) is 12.6. The highest BCUT2D eigenvalue weighted by atomic mass is 32.2. The number of benzene rings is 3. The molecule has 0 amide bonds. The van der Waals surface area contributed by atoms with Gasteiger partial charge in [0.05, 0.1) is 16.1 Å². The van der Waals surface area contributed by atoms with Crippen molar-refractivity contribution in [2.75, 3.05) is 4.72 Å². The van der Waals surface area contributed by atoms with Crippen LogP contribution in [0, 0.1) is 0 Å². The van der Waals surface area contributed by atoms with Gasteiger partial charge in [-0.25, -0.2) is 8.42 Å². The fraction of sp³-hybridized carbons (Fsp3) is 0.160. The number of fused-ring (bicyclic) bond motifs is 2. The number of nitrogens with one attached hydrogen (secondary N) is 2. The minimum absolute atomic E-state index is 0.00458. The van der Waals surface area contributed by atoms with Crippen molar-refractivity contribution in [1.82, 2.24) is 4.98 Å². The van der Waals surface area contributed by atoms with Gasteiger partial charge in [-0.05, 0) is 53.9 Å². The van der Waals surface area contributed by atoms with Gasteiger partial charge in [-0.2, -0.15) is 30.7 Å². The summed E-state index contributed by atoms with van der Waals surface area (Å²) in [7, 11) is -4.43. The fourth-order valence-electron chi connectivity index (χ4n) is 4.04. The first-order valence-electron chi connectivity index (χ1n) is 11.2. The number of ether oxygens (including phenoxy) is 2. The van der Waals surface area contributed by atoms with Crippen LogP contribution < -0.4 is 19.8 Å². The quantitative estimate of drug-likeness (QED) is 0.283. The van der Waals surface area contributed by atoms with Crippen LogP contribution in [-0.4, -0.2) is 25.6 Å². The Morgan fingerprint density at radius 3 is 2.17 bits per heavy atom. The largest absolute Gasteiger partial charge is 0.507 e. The number of rotatable bonds is 5. The van der Waals surface area contributed by atoms with Gasteiger partial charge in [-0.15, -0.1) is 0 Å². The van der Waals surface area contributed by atoms with Crippen molar-refractivity contribution in [3.8, 4) is 11.5 Å². The molecule has 4 aromatic rings. The van der Waals surface area contributed by atoms with Crippen LogP contribution >= 0.6 is 0 Å². The average Bonchev–Trinajstić information content (AvgIpc) is 2.84. The van der Waals surface area contributed by atoms with Gasteiger partial charge in [0, 0.05) is 17.0 Å². The first-order chi connectivity index (χ1) is 18.6. The predicted molar refractivity (Wildman–Crippen MR) is 127 cm³/mol. The summed E-state index contributed by atoms with van der Waals surface area (Å²) in [5, 5.41) is -0.214. The molecule has 0 saturated carbocycles. The maximum atomic E-state index is 13.7. The maximum absolute atomic E-state index is 13.7. The van der Waals surface area contributed by atoms with Crippen LogP contribution in [0.2, 0.25) is 0 Å². The fourth-order valence-corrected chi connectivity index (χ4v) is 5.10. The Kier molecular flexibility index (Phi) is 6.24. The predicted octanol–water partition coefficient (Wildman–Crippen LogP) is 5.90. The zero-order valence-corrected chi connectivity index (χ0v) is 20.5. The Balaban J connectivity index is 1.39. The lowest BCUT2D eigenvalue weighted by atomic mass is 10.0. The molecule has 1 aliphatic heterocycles. The van der Waals surface area contributed by atoms with Gasteiger partial charge in [0.1, 0.15) is 0 Å². The standard InChI is InChI=1S/C25H15F7N2O5S/c26-23(27,28)17-12-21(35)33-18-9-6-14(11-16(17)18)10-13-4-7-15(8-5-13)40(36,37)34-19-2-1-3-20-22(19)39-25(31,32)24(29,30)38-20/h1-9,11-12,34H,10H2,(H,33,35). The highest BCUT2D eigenvalue weighted by Gasteiger charge is 2.66. The molecule has 0 saturated heterocycles. The molecular weight excluding hydrogens is 573 g/mol. The summed E-state index contributed by atoms with van der Waals surface area (Å²) >= 11 is 0. The number of alkyl halides is 7. The minimum atomic E-state index is -5.07. The number of hydrogen-bond donors (Lipinski definition) is 2. The zero-order chi connectivity index (χ0) is 29.1. The SMILES string of the molecule is O=c1cc(C(F)(F)F)c2cc(Cc3ccc(S(=O)(=O)Nc4cccc5c4OC(F)(F)C(F)(F)O5)cc3)ccc2[nH]1. The van der Waals surface area contributed by atoms with Crippen LogP contribution in [-0.2, 0) is 22.6 Å². The zero-order valence-electron chi connectivity index (χ0n) is 19.7. The molecule has 0 fully saturated rings. The Labute approximate surface area is 220 Å². The van der Waals surface area contributed by atoms with E-state index >= 15 is 0 Å². The smallest absolute Gasteiger partial charge is 0.421 e. The second kappa shape index (κ2) is 9.15. The summed E-state index contributed by atoms with van der Waals surface area (Å²) in [4.78, 5) is 13.6. The van der Waals surface area contributed by atoms with Crippen molar-refractivity contribution in [2.45, 2.75) is 29.7 Å². The summed E-state index contributed by atoms with van der Waals surface area (Å²) in [6.45, 7) is 0. The number of sulfonamides is 1. The van der Waals surface area contributed by atoms with E-state index in [4.69, 9.17) is 0 Å². The molecule has 40 heavy (non-hydrogen) atoms. The molecule has 0 aliphatic carbocycles. The molecule has 0 radical (unpaired) electrons. The third-order valence-electron chi connectivity index (χ3n) is 5.89. The molecule has 1 aromatic heterocycles. The normalized spacial score (nSPS) is 16.1. The Morgan fingerprint density at radius 2 is 1.50 bits per heavy atom. The minimum Gasteiger partial charge on any atom is -0.421 e. The van der Waals surface area contributed by atoms with E-state index in [2.05, 4.69) is 14.5 Å². The monoisotopic (exact) mass is 588 g/mol. The van der Waals surface area contributed by atoms with E-state index in [1.54, 1.807) is 0 Å². The van der Waals surface area contributed by atoms with Crippen molar-refractivity contribution < 1.29 is 48.6 Å². The summed E-state index contributed by atoms with van der Waals surface area (Å²) in [5.41, 5.74) is -1.64. The topological polar surface area (TPSA) is 97.5 Å². The van der Waals surface area contributed by atoms with Crippen molar-refractivity contribution >= 4 is 26.6 Å². The number of H-pyrrole nitrogens is 1. The molecular formula is C25H15F7N2O5S. The lowest BCUT2D eigenvalue weighted by Gasteiger charge is -2.32. The van der Waals surface area contributed by atoms with E-state index < -0.39 is 56.7 Å². The molecule has 2 heterocycles. The van der Waals surface area contributed by atoms with Crippen molar-refractivity contribution in [1.29, 1.82) is 0 Å². The molecule has 0 unspecified atom stereocenters. The van der Waals surface area contributed by atoms with E-state index in [9.17, 15) is 43.9 Å². The third kappa shape index (κ3) is 5.03. The highest BCUT2D eigenvalue weighted by Crippen LogP contribution is 2.50. The number of aromatic nitrogens is 1. The lowest BCUT2D eigenvalue weighted by molar-refractivity contribution is -0.391. The van der Waals surface area contributed by atoms with E-state index in [-0.39, 0.29) is 22.2 Å². The molecule has 0 spiro atoms. The van der Waals surface area contributed by atoms with E-state index in [0.29, 0.717) is 17.2 Å². The maximum Gasteiger partial charge on any atom is 0.507 e. The number of aromatic amines is 1. The van der Waals surface area contributed by atoms with Crippen molar-refractivity contribution in [3.05, 3.63) is 93.8 Å². The number of hydrogen-bond acceptors (Lipinski definition) is 5.